The lowest BCUT2D eigenvalue weighted by Gasteiger charge is -1.98. The van der Waals surface area contributed by atoms with Crippen LogP contribution in [0.15, 0.2) is 12.4 Å². The normalized spacial score (nSPS) is 9.00. The summed E-state index contributed by atoms with van der Waals surface area (Å²) in [6.45, 7) is 0. The Morgan fingerprint density at radius 3 is 2.88 bits per heavy atom. The molecule has 0 bridgehead atoms. The molecule has 1 heterocycles. The highest BCUT2D eigenvalue weighted by atomic mass is 16.5. The molecule has 2 N–H and O–H groups in total. The van der Waals surface area contributed by atoms with Gasteiger partial charge in [-0.15, -0.1) is 0 Å². The van der Waals surface area contributed by atoms with Crippen LogP contribution in [0.3, 0.4) is 0 Å². The van der Waals surface area contributed by atoms with Gasteiger partial charge in [0.2, 0.25) is 0 Å². The first-order chi connectivity index (χ1) is 3.80. The summed E-state index contributed by atoms with van der Waals surface area (Å²) in [6.07, 6.45) is 2.45. The van der Waals surface area contributed by atoms with Gasteiger partial charge in [0.05, 0.1) is 12.4 Å². The fourth-order valence-corrected chi connectivity index (χ4v) is 0.303. The van der Waals surface area contributed by atoms with E-state index >= 15 is 0 Å². The molecule has 0 aliphatic rings. The maximum Gasteiger partial charge on any atom is 0.412 e. The summed E-state index contributed by atoms with van der Waals surface area (Å²) in [7, 11) is 0. The lowest BCUT2D eigenvalue weighted by Crippen LogP contribution is -2.31. The van der Waals surface area contributed by atoms with Crippen LogP contribution < -0.4 is 10.5 Å². The SMILES string of the molecule is Nc1nncc[n+]1[O-]. The van der Waals surface area contributed by atoms with Crippen molar-refractivity contribution in [2.75, 3.05) is 5.73 Å². The molecule has 0 fully saturated rings. The highest BCUT2D eigenvalue weighted by Crippen LogP contribution is 1.74. The Hall–Kier alpha value is -1.39. The van der Waals surface area contributed by atoms with Gasteiger partial charge in [-0.3, -0.25) is 5.73 Å². The summed E-state index contributed by atoms with van der Waals surface area (Å²) >= 11 is 0. The lowest BCUT2D eigenvalue weighted by molar-refractivity contribution is -0.593. The zero-order chi connectivity index (χ0) is 5.98. The van der Waals surface area contributed by atoms with Crippen LogP contribution in [0.2, 0.25) is 0 Å². The third kappa shape index (κ3) is 0.651. The number of anilines is 1. The predicted molar refractivity (Wildman–Crippen MR) is 25.4 cm³/mol. The van der Waals surface area contributed by atoms with E-state index in [2.05, 4.69) is 10.2 Å². The van der Waals surface area contributed by atoms with E-state index in [1.165, 1.54) is 12.4 Å². The first-order valence-corrected chi connectivity index (χ1v) is 1.97. The molecular weight excluding hydrogens is 108 g/mol. The molecule has 0 saturated carbocycles. The van der Waals surface area contributed by atoms with Crippen LogP contribution in [-0.4, -0.2) is 10.2 Å². The lowest BCUT2D eigenvalue weighted by atomic mass is 10.9. The molecule has 0 radical (unpaired) electrons. The van der Waals surface area contributed by atoms with Crippen molar-refractivity contribution < 1.29 is 4.73 Å². The minimum atomic E-state index is -0.132. The topological polar surface area (TPSA) is 78.7 Å². The van der Waals surface area contributed by atoms with Gasteiger partial charge in [0.1, 0.15) is 0 Å². The average molecular weight is 112 g/mol. The molecule has 5 nitrogen and oxygen atoms in total. The summed E-state index contributed by atoms with van der Waals surface area (Å²) < 4.78 is 0.438. The second-order valence-corrected chi connectivity index (χ2v) is 1.20. The van der Waals surface area contributed by atoms with Crippen molar-refractivity contribution in [1.82, 2.24) is 10.2 Å². The quantitative estimate of drug-likeness (QED) is 0.334. The molecule has 5 heteroatoms. The molecule has 1 aromatic rings. The Labute approximate surface area is 45.4 Å². The monoisotopic (exact) mass is 112 g/mol. The van der Waals surface area contributed by atoms with E-state index in [9.17, 15) is 5.21 Å². The fraction of sp³-hybridized carbons (Fsp3) is 0. The summed E-state index contributed by atoms with van der Waals surface area (Å²) in [5, 5.41) is 16.9. The maximum absolute atomic E-state index is 10.3. The van der Waals surface area contributed by atoms with Crippen molar-refractivity contribution in [3.8, 4) is 0 Å². The van der Waals surface area contributed by atoms with Gasteiger partial charge in [0, 0.05) is 5.10 Å². The van der Waals surface area contributed by atoms with Gasteiger partial charge in [-0.05, 0) is 0 Å². The van der Waals surface area contributed by atoms with Crippen LogP contribution in [0.1, 0.15) is 0 Å². The van der Waals surface area contributed by atoms with Gasteiger partial charge in [0.15, 0.2) is 0 Å². The standard InChI is InChI=1S/C3H4N4O/c4-3-6-5-1-2-7(3)8/h1-2H,(H2,4,6). The Kier molecular flexibility index (Phi) is 0.957. The summed E-state index contributed by atoms with van der Waals surface area (Å²) in [4.78, 5) is 0. The van der Waals surface area contributed by atoms with Gasteiger partial charge in [-0.2, -0.15) is 0 Å². The molecule has 0 aliphatic carbocycles. The van der Waals surface area contributed by atoms with Gasteiger partial charge < -0.3 is 5.21 Å². The van der Waals surface area contributed by atoms with Crippen LogP contribution in [0.4, 0.5) is 5.95 Å². The Balaban J connectivity index is 3.13. The zero-order valence-electron chi connectivity index (χ0n) is 3.98. The summed E-state index contributed by atoms with van der Waals surface area (Å²) in [5.41, 5.74) is 5.00. The van der Waals surface area contributed by atoms with Crippen molar-refractivity contribution >= 4 is 5.95 Å². The molecule has 1 rings (SSSR count). The zero-order valence-corrected chi connectivity index (χ0v) is 3.98. The second kappa shape index (κ2) is 1.61. The molecule has 1 aromatic heterocycles. The van der Waals surface area contributed by atoms with Crippen LogP contribution in [-0.2, 0) is 0 Å². The van der Waals surface area contributed by atoms with Crippen LogP contribution in [0.25, 0.3) is 0 Å². The van der Waals surface area contributed by atoms with E-state index in [0.717, 1.165) is 0 Å². The van der Waals surface area contributed by atoms with Gasteiger partial charge >= 0.3 is 5.95 Å². The first kappa shape index (κ1) is 4.76. The number of rotatable bonds is 0. The van der Waals surface area contributed by atoms with Gasteiger partial charge in [-0.1, -0.05) is 5.10 Å². The van der Waals surface area contributed by atoms with Crippen molar-refractivity contribution in [1.29, 1.82) is 0 Å². The summed E-state index contributed by atoms with van der Waals surface area (Å²) in [5.74, 6) is -0.132. The van der Waals surface area contributed by atoms with E-state index in [1.807, 2.05) is 0 Å². The minimum Gasteiger partial charge on any atom is -0.740 e. The number of nitrogen functional groups attached to an aromatic ring is 1. The molecule has 0 atom stereocenters. The van der Waals surface area contributed by atoms with Crippen LogP contribution >= 0.6 is 0 Å². The first-order valence-electron chi connectivity index (χ1n) is 1.97. The Morgan fingerprint density at radius 1 is 1.75 bits per heavy atom. The van der Waals surface area contributed by atoms with Crippen molar-refractivity contribution in [3.63, 3.8) is 0 Å². The average Bonchev–Trinajstić information content (AvgIpc) is 1.77. The van der Waals surface area contributed by atoms with Crippen LogP contribution in [0.5, 0.6) is 0 Å². The fourth-order valence-electron chi connectivity index (χ4n) is 0.303. The van der Waals surface area contributed by atoms with Gasteiger partial charge in [0.25, 0.3) is 0 Å². The molecule has 0 unspecified atom stereocenters. The third-order valence-electron chi connectivity index (χ3n) is 0.655. The number of aromatic nitrogens is 3. The third-order valence-corrected chi connectivity index (χ3v) is 0.655. The molecule has 0 aliphatic heterocycles. The number of nitrogens with two attached hydrogens (primary N) is 1. The highest BCUT2D eigenvalue weighted by molar-refractivity contribution is 4.99. The van der Waals surface area contributed by atoms with Crippen molar-refractivity contribution in [3.05, 3.63) is 17.6 Å². The smallest absolute Gasteiger partial charge is 0.412 e. The minimum absolute atomic E-state index is 0.132. The maximum atomic E-state index is 10.3. The highest BCUT2D eigenvalue weighted by Gasteiger charge is 1.92. The molecule has 42 valence electrons. The van der Waals surface area contributed by atoms with Crippen molar-refractivity contribution in [2.24, 2.45) is 0 Å². The largest absolute Gasteiger partial charge is 0.740 e. The second-order valence-electron chi connectivity index (χ2n) is 1.20. The van der Waals surface area contributed by atoms with E-state index in [0.29, 0.717) is 4.73 Å². The Morgan fingerprint density at radius 2 is 2.50 bits per heavy atom. The van der Waals surface area contributed by atoms with E-state index in [1.54, 1.807) is 0 Å². The molecule has 0 amide bonds. The van der Waals surface area contributed by atoms with E-state index in [4.69, 9.17) is 5.73 Å². The number of hydrogen-bond acceptors (Lipinski definition) is 4. The molecule has 0 spiro atoms. The van der Waals surface area contributed by atoms with E-state index < -0.39 is 0 Å². The van der Waals surface area contributed by atoms with Crippen LogP contribution in [0, 0.1) is 5.21 Å². The molecule has 8 heavy (non-hydrogen) atoms. The van der Waals surface area contributed by atoms with Crippen molar-refractivity contribution in [2.45, 2.75) is 0 Å². The summed E-state index contributed by atoms with van der Waals surface area (Å²) in [6, 6.07) is 0. The van der Waals surface area contributed by atoms with Gasteiger partial charge in [-0.25, -0.2) is 4.73 Å². The molecule has 0 saturated heterocycles. The van der Waals surface area contributed by atoms with E-state index in [-0.39, 0.29) is 5.95 Å². The predicted octanol–water partition coefficient (Wildman–Crippen LogP) is -1.31. The number of nitrogens with zero attached hydrogens (tertiary/aromatic N) is 3. The molecule has 0 aromatic carbocycles. The molecular formula is C3H4N4O. The Bertz CT molecular complexity index is 167. The number of hydrogen-bond donors (Lipinski definition) is 1.